The summed E-state index contributed by atoms with van der Waals surface area (Å²) in [5, 5.41) is 1.53. The second-order valence-corrected chi connectivity index (χ2v) is 9.32. The Labute approximate surface area is 167 Å². The molecule has 1 aromatic carbocycles. The molecular formula is C19H30N4O4S. The number of rotatable bonds is 6. The Bertz CT molecular complexity index is 820. The van der Waals surface area contributed by atoms with E-state index in [2.05, 4.69) is 5.43 Å². The maximum absolute atomic E-state index is 13.1. The van der Waals surface area contributed by atoms with Crippen LogP contribution in [-0.4, -0.2) is 74.7 Å². The Balaban J connectivity index is 1.98. The number of aryl methyl sites for hydroxylation is 3. The highest BCUT2D eigenvalue weighted by Gasteiger charge is 2.32. The van der Waals surface area contributed by atoms with E-state index in [-0.39, 0.29) is 37.7 Å². The van der Waals surface area contributed by atoms with Crippen molar-refractivity contribution in [1.82, 2.24) is 19.6 Å². The number of nitrogens with zero attached hydrogens (tertiary/aromatic N) is 3. The summed E-state index contributed by atoms with van der Waals surface area (Å²) in [7, 11) is -0.192. The highest BCUT2D eigenvalue weighted by molar-refractivity contribution is 7.89. The van der Waals surface area contributed by atoms with Gasteiger partial charge in [-0.2, -0.15) is 4.31 Å². The van der Waals surface area contributed by atoms with Gasteiger partial charge in [0.2, 0.25) is 21.8 Å². The summed E-state index contributed by atoms with van der Waals surface area (Å²) in [6.45, 7) is 6.74. The molecule has 0 radical (unpaired) electrons. The number of hydrogen-bond donors (Lipinski definition) is 1. The van der Waals surface area contributed by atoms with Crippen molar-refractivity contribution in [1.29, 1.82) is 0 Å². The molecule has 0 spiro atoms. The van der Waals surface area contributed by atoms with Gasteiger partial charge in [0.05, 0.1) is 4.90 Å². The molecule has 0 unspecified atom stereocenters. The lowest BCUT2D eigenvalue weighted by Gasteiger charge is -2.34. The van der Waals surface area contributed by atoms with Gasteiger partial charge in [0.15, 0.2) is 0 Å². The van der Waals surface area contributed by atoms with E-state index < -0.39 is 10.0 Å². The summed E-state index contributed by atoms with van der Waals surface area (Å²) in [6, 6.07) is 3.75. The van der Waals surface area contributed by atoms with E-state index in [9.17, 15) is 18.0 Å². The number of hydrogen-bond acceptors (Lipinski definition) is 5. The Morgan fingerprint density at radius 3 is 2.04 bits per heavy atom. The van der Waals surface area contributed by atoms with Gasteiger partial charge in [-0.05, 0) is 31.9 Å². The largest absolute Gasteiger partial charge is 0.340 e. The SMILES string of the molecule is Cc1cc(C)c(S(=O)(=O)N2CCN(C(=O)CCC(=O)NN(C)C)CC2)c(C)c1. The average molecular weight is 411 g/mol. The molecule has 1 saturated heterocycles. The fourth-order valence-electron chi connectivity index (χ4n) is 3.56. The molecule has 2 amide bonds. The molecule has 0 bridgehead atoms. The van der Waals surface area contributed by atoms with E-state index in [1.54, 1.807) is 19.0 Å². The Morgan fingerprint density at radius 2 is 1.54 bits per heavy atom. The van der Waals surface area contributed by atoms with Crippen LogP contribution in [0.25, 0.3) is 0 Å². The monoisotopic (exact) mass is 410 g/mol. The minimum atomic E-state index is -3.60. The number of sulfonamides is 1. The molecule has 1 aliphatic rings. The molecule has 0 saturated carbocycles. The summed E-state index contributed by atoms with van der Waals surface area (Å²) in [5.74, 6) is -0.349. The van der Waals surface area contributed by atoms with Crippen LogP contribution in [0.15, 0.2) is 17.0 Å². The number of carbonyl (C=O) groups is 2. The predicted molar refractivity (Wildman–Crippen MR) is 107 cm³/mol. The minimum Gasteiger partial charge on any atom is -0.340 e. The van der Waals surface area contributed by atoms with Crippen molar-refractivity contribution in [2.45, 2.75) is 38.5 Å². The van der Waals surface area contributed by atoms with Gasteiger partial charge < -0.3 is 4.90 Å². The lowest BCUT2D eigenvalue weighted by Crippen LogP contribution is -2.50. The van der Waals surface area contributed by atoms with Gasteiger partial charge in [-0.15, -0.1) is 0 Å². The molecule has 1 heterocycles. The molecule has 0 atom stereocenters. The molecule has 156 valence electrons. The predicted octanol–water partition coefficient (Wildman–Crippen LogP) is 0.818. The minimum absolute atomic E-state index is 0.108. The third kappa shape index (κ3) is 5.30. The van der Waals surface area contributed by atoms with Crippen LogP contribution in [0.3, 0.4) is 0 Å². The Kier molecular flexibility index (Phi) is 7.19. The van der Waals surface area contributed by atoms with Crippen LogP contribution in [0, 0.1) is 20.8 Å². The lowest BCUT2D eigenvalue weighted by atomic mass is 10.1. The van der Waals surface area contributed by atoms with Gasteiger partial charge in [-0.1, -0.05) is 17.7 Å². The Hall–Kier alpha value is -1.97. The maximum Gasteiger partial charge on any atom is 0.243 e. The van der Waals surface area contributed by atoms with E-state index in [1.165, 1.54) is 9.31 Å². The summed E-state index contributed by atoms with van der Waals surface area (Å²) in [4.78, 5) is 26.0. The zero-order chi connectivity index (χ0) is 21.1. The van der Waals surface area contributed by atoms with E-state index in [0.29, 0.717) is 18.0 Å². The zero-order valence-electron chi connectivity index (χ0n) is 17.3. The number of hydrazine groups is 1. The van der Waals surface area contributed by atoms with Crippen LogP contribution >= 0.6 is 0 Å². The molecule has 2 rings (SSSR count). The first-order valence-corrected chi connectivity index (χ1v) is 10.8. The molecule has 8 nitrogen and oxygen atoms in total. The average Bonchev–Trinajstić information content (AvgIpc) is 2.58. The molecule has 1 aliphatic heterocycles. The van der Waals surface area contributed by atoms with Gasteiger partial charge in [0.1, 0.15) is 0 Å². The van der Waals surface area contributed by atoms with Gasteiger partial charge in [0, 0.05) is 53.1 Å². The smallest absolute Gasteiger partial charge is 0.243 e. The van der Waals surface area contributed by atoms with Crippen molar-refractivity contribution < 1.29 is 18.0 Å². The molecule has 1 fully saturated rings. The van der Waals surface area contributed by atoms with E-state index in [0.717, 1.165) is 16.7 Å². The maximum atomic E-state index is 13.1. The molecule has 1 N–H and O–H groups in total. The van der Waals surface area contributed by atoms with Crippen molar-refractivity contribution in [2.75, 3.05) is 40.3 Å². The van der Waals surface area contributed by atoms with Crippen molar-refractivity contribution in [3.63, 3.8) is 0 Å². The number of piperazine rings is 1. The molecule has 1 aromatic rings. The lowest BCUT2D eigenvalue weighted by molar-refractivity contribution is -0.135. The van der Waals surface area contributed by atoms with Crippen LogP contribution in [-0.2, 0) is 19.6 Å². The standard InChI is InChI=1S/C19H30N4O4S/c1-14-12-15(2)19(16(3)13-14)28(26,27)23-10-8-22(9-11-23)18(25)7-6-17(24)20-21(4)5/h12-13H,6-11H2,1-5H3,(H,20,24). The van der Waals surface area contributed by atoms with Crippen LogP contribution in [0.5, 0.6) is 0 Å². The number of carbonyl (C=O) groups excluding carboxylic acids is 2. The first kappa shape index (κ1) is 22.3. The van der Waals surface area contributed by atoms with Crippen LogP contribution < -0.4 is 5.43 Å². The Morgan fingerprint density at radius 1 is 1.00 bits per heavy atom. The number of nitrogens with one attached hydrogen (secondary N) is 1. The third-order valence-corrected chi connectivity index (χ3v) is 6.91. The van der Waals surface area contributed by atoms with Gasteiger partial charge >= 0.3 is 0 Å². The van der Waals surface area contributed by atoms with Crippen molar-refractivity contribution >= 4 is 21.8 Å². The molecule has 0 aliphatic carbocycles. The van der Waals surface area contributed by atoms with Gasteiger partial charge in [-0.25, -0.2) is 13.4 Å². The number of benzene rings is 1. The van der Waals surface area contributed by atoms with Crippen molar-refractivity contribution in [2.24, 2.45) is 0 Å². The second kappa shape index (κ2) is 9.02. The van der Waals surface area contributed by atoms with Crippen molar-refractivity contribution in [3.8, 4) is 0 Å². The topological polar surface area (TPSA) is 90.0 Å². The molecular weight excluding hydrogens is 380 g/mol. The summed E-state index contributed by atoms with van der Waals surface area (Å²) in [5.41, 5.74) is 5.10. The van der Waals surface area contributed by atoms with E-state index in [4.69, 9.17) is 0 Å². The first-order chi connectivity index (χ1) is 13.0. The first-order valence-electron chi connectivity index (χ1n) is 9.35. The quantitative estimate of drug-likeness (QED) is 0.701. The summed E-state index contributed by atoms with van der Waals surface area (Å²) in [6.07, 6.45) is 0.222. The summed E-state index contributed by atoms with van der Waals surface area (Å²) < 4.78 is 27.6. The molecule has 28 heavy (non-hydrogen) atoms. The number of amides is 2. The van der Waals surface area contributed by atoms with Crippen LogP contribution in [0.1, 0.15) is 29.5 Å². The highest BCUT2D eigenvalue weighted by atomic mass is 32.2. The summed E-state index contributed by atoms with van der Waals surface area (Å²) >= 11 is 0. The second-order valence-electron chi connectivity index (χ2n) is 7.44. The molecule has 9 heteroatoms. The van der Waals surface area contributed by atoms with E-state index in [1.807, 2.05) is 32.9 Å². The van der Waals surface area contributed by atoms with Crippen LogP contribution in [0.4, 0.5) is 0 Å². The fourth-order valence-corrected chi connectivity index (χ4v) is 5.40. The van der Waals surface area contributed by atoms with Crippen LogP contribution in [0.2, 0.25) is 0 Å². The highest BCUT2D eigenvalue weighted by Crippen LogP contribution is 2.26. The third-order valence-electron chi connectivity index (χ3n) is 4.71. The zero-order valence-corrected chi connectivity index (χ0v) is 18.1. The van der Waals surface area contributed by atoms with Gasteiger partial charge in [0.25, 0.3) is 0 Å². The normalized spacial score (nSPS) is 15.7. The van der Waals surface area contributed by atoms with Gasteiger partial charge in [-0.3, -0.25) is 15.0 Å². The molecule has 0 aromatic heterocycles. The fraction of sp³-hybridized carbons (Fsp3) is 0.579. The van der Waals surface area contributed by atoms with E-state index >= 15 is 0 Å². The van der Waals surface area contributed by atoms with Crippen molar-refractivity contribution in [3.05, 3.63) is 28.8 Å².